The molecule has 106 valence electrons. The molecule has 0 bridgehead atoms. The summed E-state index contributed by atoms with van der Waals surface area (Å²) in [7, 11) is 0. The number of pyridine rings is 1. The molecule has 0 atom stereocenters. The van der Waals surface area contributed by atoms with Gasteiger partial charge < -0.3 is 10.1 Å². The second-order valence-corrected chi connectivity index (χ2v) is 4.95. The molecule has 0 aliphatic heterocycles. The molecule has 1 aromatic heterocycles. The van der Waals surface area contributed by atoms with Crippen molar-refractivity contribution in [3.05, 3.63) is 40.4 Å². The number of benzene rings is 1. The van der Waals surface area contributed by atoms with E-state index in [-0.39, 0.29) is 0 Å². The van der Waals surface area contributed by atoms with Crippen molar-refractivity contribution in [2.75, 3.05) is 18.5 Å². The summed E-state index contributed by atoms with van der Waals surface area (Å²) < 4.78 is 5.50. The monoisotopic (exact) mass is 310 g/mol. The quantitative estimate of drug-likeness (QED) is 0.854. The maximum Gasteiger partial charge on any atom is 0.145 e. The molecule has 0 fully saturated rings. The Hall–Kier alpha value is -1.45. The lowest BCUT2D eigenvalue weighted by atomic mass is 10.1. The third-order valence-electron chi connectivity index (χ3n) is 2.69. The van der Waals surface area contributed by atoms with E-state index in [1.54, 1.807) is 6.07 Å². The van der Waals surface area contributed by atoms with E-state index in [0.29, 0.717) is 28.2 Å². The van der Waals surface area contributed by atoms with E-state index in [2.05, 4.69) is 10.3 Å². The number of nitrogens with zero attached hydrogens (tertiary/aromatic N) is 1. The SMILES string of the molecule is CCNc1nc(-c2cccc(OCC)c2)c(Cl)cc1Cl. The number of ether oxygens (including phenoxy) is 1. The number of rotatable bonds is 5. The first-order valence-electron chi connectivity index (χ1n) is 6.48. The van der Waals surface area contributed by atoms with Gasteiger partial charge in [0.1, 0.15) is 11.6 Å². The fraction of sp³-hybridized carbons (Fsp3) is 0.267. The Balaban J connectivity index is 2.45. The fourth-order valence-corrected chi connectivity index (χ4v) is 2.39. The van der Waals surface area contributed by atoms with Crippen molar-refractivity contribution in [1.82, 2.24) is 4.98 Å². The molecular weight excluding hydrogens is 295 g/mol. The number of hydrogen-bond donors (Lipinski definition) is 1. The first-order valence-corrected chi connectivity index (χ1v) is 7.24. The van der Waals surface area contributed by atoms with Crippen LogP contribution in [-0.2, 0) is 0 Å². The lowest BCUT2D eigenvalue weighted by Crippen LogP contribution is -2.01. The number of anilines is 1. The summed E-state index contributed by atoms with van der Waals surface area (Å²) in [6, 6.07) is 9.39. The molecule has 1 N–H and O–H groups in total. The van der Waals surface area contributed by atoms with Crippen LogP contribution in [0, 0.1) is 0 Å². The second kappa shape index (κ2) is 6.82. The third-order valence-corrected chi connectivity index (χ3v) is 3.27. The van der Waals surface area contributed by atoms with E-state index < -0.39 is 0 Å². The van der Waals surface area contributed by atoms with E-state index >= 15 is 0 Å². The summed E-state index contributed by atoms with van der Waals surface area (Å²) in [6.45, 7) is 5.30. The summed E-state index contributed by atoms with van der Waals surface area (Å²) in [6.07, 6.45) is 0. The molecule has 20 heavy (non-hydrogen) atoms. The van der Waals surface area contributed by atoms with Gasteiger partial charge in [0.05, 0.1) is 22.3 Å². The van der Waals surface area contributed by atoms with Crippen LogP contribution in [0.3, 0.4) is 0 Å². The van der Waals surface area contributed by atoms with Crippen molar-refractivity contribution in [2.24, 2.45) is 0 Å². The Bertz CT molecular complexity index is 602. The largest absolute Gasteiger partial charge is 0.494 e. The molecule has 2 aromatic rings. The molecule has 1 heterocycles. The zero-order valence-electron chi connectivity index (χ0n) is 11.4. The molecule has 0 aliphatic carbocycles. The van der Waals surface area contributed by atoms with Crippen LogP contribution in [0.5, 0.6) is 5.75 Å². The maximum absolute atomic E-state index is 6.25. The van der Waals surface area contributed by atoms with Crippen LogP contribution in [0.15, 0.2) is 30.3 Å². The number of aromatic nitrogens is 1. The fourth-order valence-electron chi connectivity index (χ4n) is 1.86. The van der Waals surface area contributed by atoms with Gasteiger partial charge in [0, 0.05) is 12.1 Å². The maximum atomic E-state index is 6.25. The predicted octanol–water partition coefficient (Wildman–Crippen LogP) is 4.89. The van der Waals surface area contributed by atoms with Crippen LogP contribution in [0.25, 0.3) is 11.3 Å². The minimum absolute atomic E-state index is 0.515. The lowest BCUT2D eigenvalue weighted by molar-refractivity contribution is 0.340. The summed E-state index contributed by atoms with van der Waals surface area (Å²) in [5.41, 5.74) is 1.59. The number of halogens is 2. The van der Waals surface area contributed by atoms with Gasteiger partial charge in [-0.15, -0.1) is 0 Å². The summed E-state index contributed by atoms with van der Waals surface area (Å²) in [5, 5.41) is 4.15. The van der Waals surface area contributed by atoms with Gasteiger partial charge in [0.25, 0.3) is 0 Å². The molecule has 1 aromatic carbocycles. The minimum Gasteiger partial charge on any atom is -0.494 e. The van der Waals surface area contributed by atoms with E-state index in [1.807, 2.05) is 38.1 Å². The molecule has 0 saturated carbocycles. The summed E-state index contributed by atoms with van der Waals surface area (Å²) in [5.74, 6) is 1.43. The zero-order valence-corrected chi connectivity index (χ0v) is 12.9. The predicted molar refractivity (Wildman–Crippen MR) is 85.0 cm³/mol. The van der Waals surface area contributed by atoms with Crippen LogP contribution < -0.4 is 10.1 Å². The van der Waals surface area contributed by atoms with E-state index in [0.717, 1.165) is 17.9 Å². The minimum atomic E-state index is 0.515. The van der Waals surface area contributed by atoms with Crippen molar-refractivity contribution in [3.8, 4) is 17.0 Å². The molecular formula is C15H16Cl2N2O. The van der Waals surface area contributed by atoms with Gasteiger partial charge in [-0.25, -0.2) is 4.98 Å². The molecule has 0 radical (unpaired) electrons. The van der Waals surface area contributed by atoms with Crippen molar-refractivity contribution >= 4 is 29.0 Å². The normalized spacial score (nSPS) is 10.4. The van der Waals surface area contributed by atoms with Crippen molar-refractivity contribution in [3.63, 3.8) is 0 Å². The lowest BCUT2D eigenvalue weighted by Gasteiger charge is -2.11. The Morgan fingerprint density at radius 1 is 1.15 bits per heavy atom. The van der Waals surface area contributed by atoms with Crippen LogP contribution >= 0.6 is 23.2 Å². The van der Waals surface area contributed by atoms with Crippen molar-refractivity contribution < 1.29 is 4.74 Å². The van der Waals surface area contributed by atoms with Gasteiger partial charge in [0.2, 0.25) is 0 Å². The van der Waals surface area contributed by atoms with Crippen LogP contribution in [0.4, 0.5) is 5.82 Å². The highest BCUT2D eigenvalue weighted by Crippen LogP contribution is 2.33. The third kappa shape index (κ3) is 3.35. The van der Waals surface area contributed by atoms with Gasteiger partial charge >= 0.3 is 0 Å². The van der Waals surface area contributed by atoms with Gasteiger partial charge in [0.15, 0.2) is 0 Å². The smallest absolute Gasteiger partial charge is 0.145 e. The second-order valence-electron chi connectivity index (χ2n) is 4.14. The van der Waals surface area contributed by atoms with E-state index in [9.17, 15) is 0 Å². The summed E-state index contributed by atoms with van der Waals surface area (Å²) in [4.78, 5) is 4.50. The Morgan fingerprint density at radius 3 is 2.65 bits per heavy atom. The van der Waals surface area contributed by atoms with Crippen LogP contribution in [-0.4, -0.2) is 18.1 Å². The summed E-state index contributed by atoms with van der Waals surface area (Å²) >= 11 is 12.4. The van der Waals surface area contributed by atoms with Crippen LogP contribution in [0.1, 0.15) is 13.8 Å². The zero-order chi connectivity index (χ0) is 14.5. The molecule has 0 spiro atoms. The average Bonchev–Trinajstić information content (AvgIpc) is 2.43. The van der Waals surface area contributed by atoms with Crippen molar-refractivity contribution in [2.45, 2.75) is 13.8 Å². The standard InChI is InChI=1S/C15H16Cl2N2O/c1-3-18-15-13(17)9-12(16)14(19-15)10-6-5-7-11(8-10)20-4-2/h5-9H,3-4H2,1-2H3,(H,18,19). The van der Waals surface area contributed by atoms with E-state index in [4.69, 9.17) is 27.9 Å². The Labute approximate surface area is 128 Å². The van der Waals surface area contributed by atoms with Gasteiger partial charge in [-0.05, 0) is 32.0 Å². The molecule has 2 rings (SSSR count). The number of hydrogen-bond acceptors (Lipinski definition) is 3. The van der Waals surface area contributed by atoms with Gasteiger partial charge in [-0.2, -0.15) is 0 Å². The molecule has 3 nitrogen and oxygen atoms in total. The topological polar surface area (TPSA) is 34.2 Å². The number of nitrogens with one attached hydrogen (secondary N) is 1. The average molecular weight is 311 g/mol. The van der Waals surface area contributed by atoms with Gasteiger partial charge in [-0.1, -0.05) is 35.3 Å². The molecule has 0 amide bonds. The van der Waals surface area contributed by atoms with Crippen molar-refractivity contribution in [1.29, 1.82) is 0 Å². The van der Waals surface area contributed by atoms with Gasteiger partial charge in [-0.3, -0.25) is 0 Å². The highest BCUT2D eigenvalue weighted by molar-refractivity contribution is 6.37. The van der Waals surface area contributed by atoms with Crippen LogP contribution in [0.2, 0.25) is 10.0 Å². The molecule has 5 heteroatoms. The first kappa shape index (κ1) is 14.9. The molecule has 0 unspecified atom stereocenters. The molecule has 0 aliphatic rings. The molecule has 0 saturated heterocycles. The Morgan fingerprint density at radius 2 is 1.95 bits per heavy atom. The highest BCUT2D eigenvalue weighted by Gasteiger charge is 2.11. The first-order chi connectivity index (χ1) is 9.65. The van der Waals surface area contributed by atoms with E-state index in [1.165, 1.54) is 0 Å². The Kier molecular flexibility index (Phi) is 5.10. The highest BCUT2D eigenvalue weighted by atomic mass is 35.5.